The fourth-order valence-corrected chi connectivity index (χ4v) is 2.74. The second-order valence-electron chi connectivity index (χ2n) is 4.69. The Morgan fingerprint density at radius 2 is 1.84 bits per heavy atom. The van der Waals surface area contributed by atoms with Crippen molar-refractivity contribution in [2.24, 2.45) is 0 Å². The molecule has 0 N–H and O–H groups in total. The van der Waals surface area contributed by atoms with Crippen LogP contribution in [0.4, 0.5) is 0 Å². The Balaban J connectivity index is 2.02. The topological polar surface area (TPSA) is 17.8 Å². The van der Waals surface area contributed by atoms with Gasteiger partial charge in [0.25, 0.3) is 0 Å². The molecule has 2 aromatic carbocycles. The van der Waals surface area contributed by atoms with Crippen molar-refractivity contribution in [1.82, 2.24) is 9.55 Å². The van der Waals surface area contributed by atoms with Gasteiger partial charge in [-0.15, -0.1) is 0 Å². The minimum atomic E-state index is 0.868. The smallest absolute Gasteiger partial charge is 0.107 e. The molecular formula is C16H15BrN2. The average molecular weight is 315 g/mol. The number of aromatic nitrogens is 2. The van der Waals surface area contributed by atoms with Crippen LogP contribution in [0.2, 0.25) is 0 Å². The molecule has 0 atom stereocenters. The third kappa shape index (κ3) is 2.43. The monoisotopic (exact) mass is 314 g/mol. The first-order valence-electron chi connectivity index (χ1n) is 6.33. The van der Waals surface area contributed by atoms with Crippen molar-refractivity contribution in [2.45, 2.75) is 18.8 Å². The van der Waals surface area contributed by atoms with Crippen LogP contribution in [-0.4, -0.2) is 9.55 Å². The molecule has 0 fully saturated rings. The third-order valence-electron chi connectivity index (χ3n) is 3.33. The maximum absolute atomic E-state index is 4.61. The van der Waals surface area contributed by atoms with E-state index in [1.54, 1.807) is 0 Å². The lowest BCUT2D eigenvalue weighted by Gasteiger charge is -2.08. The van der Waals surface area contributed by atoms with Gasteiger partial charge >= 0.3 is 0 Å². The van der Waals surface area contributed by atoms with Gasteiger partial charge < -0.3 is 4.57 Å². The summed E-state index contributed by atoms with van der Waals surface area (Å²) in [5.74, 6) is 1.06. The molecule has 96 valence electrons. The van der Waals surface area contributed by atoms with Crippen molar-refractivity contribution in [2.75, 3.05) is 0 Å². The van der Waals surface area contributed by atoms with Crippen LogP contribution in [0.15, 0.2) is 48.5 Å². The minimum Gasteiger partial charge on any atom is -0.324 e. The predicted octanol–water partition coefficient (Wildman–Crippen LogP) is 4.29. The average Bonchev–Trinajstić information content (AvgIpc) is 2.76. The lowest BCUT2D eigenvalue weighted by molar-refractivity contribution is 0.785. The van der Waals surface area contributed by atoms with Gasteiger partial charge in [-0.3, -0.25) is 0 Å². The van der Waals surface area contributed by atoms with E-state index in [1.165, 1.54) is 16.6 Å². The molecule has 1 aromatic heterocycles. The van der Waals surface area contributed by atoms with Gasteiger partial charge in [0, 0.05) is 11.9 Å². The quantitative estimate of drug-likeness (QED) is 0.659. The molecule has 19 heavy (non-hydrogen) atoms. The van der Waals surface area contributed by atoms with Crippen molar-refractivity contribution >= 4 is 27.0 Å². The molecule has 3 heteroatoms. The Morgan fingerprint density at radius 1 is 1.05 bits per heavy atom. The number of benzene rings is 2. The van der Waals surface area contributed by atoms with Crippen LogP contribution in [-0.2, 0) is 11.9 Å². The van der Waals surface area contributed by atoms with Gasteiger partial charge in [0.15, 0.2) is 0 Å². The van der Waals surface area contributed by atoms with E-state index in [1.807, 2.05) is 6.07 Å². The summed E-state index contributed by atoms with van der Waals surface area (Å²) in [6, 6.07) is 16.9. The van der Waals surface area contributed by atoms with Gasteiger partial charge in [-0.25, -0.2) is 4.98 Å². The van der Waals surface area contributed by atoms with E-state index in [9.17, 15) is 0 Å². The maximum Gasteiger partial charge on any atom is 0.107 e. The zero-order valence-corrected chi connectivity index (χ0v) is 12.4. The van der Waals surface area contributed by atoms with E-state index in [4.69, 9.17) is 0 Å². The van der Waals surface area contributed by atoms with Crippen molar-refractivity contribution in [3.8, 4) is 0 Å². The second-order valence-corrected chi connectivity index (χ2v) is 5.25. The van der Waals surface area contributed by atoms with Gasteiger partial charge in [-0.05, 0) is 30.2 Å². The maximum atomic E-state index is 4.61. The van der Waals surface area contributed by atoms with E-state index in [0.717, 1.165) is 23.2 Å². The van der Waals surface area contributed by atoms with Gasteiger partial charge in [0.05, 0.1) is 11.0 Å². The van der Waals surface area contributed by atoms with Crippen LogP contribution >= 0.6 is 15.9 Å². The third-order valence-corrected chi connectivity index (χ3v) is 3.98. The second kappa shape index (κ2) is 5.17. The van der Waals surface area contributed by atoms with Crippen molar-refractivity contribution < 1.29 is 0 Å². The van der Waals surface area contributed by atoms with E-state index < -0.39 is 0 Å². The SMILES string of the molecule is Cc1nc2ccccc2n1Cc1cccc(CBr)c1. The van der Waals surface area contributed by atoms with Crippen LogP contribution in [0.3, 0.4) is 0 Å². The number of alkyl halides is 1. The summed E-state index contributed by atoms with van der Waals surface area (Å²) in [4.78, 5) is 4.61. The van der Waals surface area contributed by atoms with Crippen LogP contribution in [0, 0.1) is 6.92 Å². The zero-order chi connectivity index (χ0) is 13.2. The number of hydrogen-bond acceptors (Lipinski definition) is 1. The number of rotatable bonds is 3. The lowest BCUT2D eigenvalue weighted by atomic mass is 10.1. The molecule has 1 heterocycles. The van der Waals surface area contributed by atoms with E-state index in [0.29, 0.717) is 0 Å². The molecule has 0 bridgehead atoms. The Kier molecular flexibility index (Phi) is 3.38. The van der Waals surface area contributed by atoms with Crippen molar-refractivity contribution in [3.05, 3.63) is 65.5 Å². The fraction of sp³-hybridized carbons (Fsp3) is 0.188. The van der Waals surface area contributed by atoms with Gasteiger partial charge in [0.2, 0.25) is 0 Å². The first kappa shape index (κ1) is 12.4. The van der Waals surface area contributed by atoms with E-state index in [-0.39, 0.29) is 0 Å². The molecule has 2 nitrogen and oxygen atoms in total. The number of hydrogen-bond donors (Lipinski definition) is 0. The molecule has 0 amide bonds. The Morgan fingerprint density at radius 3 is 2.68 bits per heavy atom. The molecule has 0 spiro atoms. The largest absolute Gasteiger partial charge is 0.324 e. The normalized spacial score (nSPS) is 11.1. The highest BCUT2D eigenvalue weighted by molar-refractivity contribution is 9.08. The molecule has 0 aliphatic heterocycles. The van der Waals surface area contributed by atoms with E-state index >= 15 is 0 Å². The molecule has 3 rings (SSSR count). The van der Waals surface area contributed by atoms with Crippen molar-refractivity contribution in [3.63, 3.8) is 0 Å². The molecule has 3 aromatic rings. The summed E-state index contributed by atoms with van der Waals surface area (Å²) in [6.07, 6.45) is 0. The summed E-state index contributed by atoms with van der Waals surface area (Å²) < 4.78 is 2.27. The standard InChI is InChI=1S/C16H15BrN2/c1-12-18-15-7-2-3-8-16(15)19(12)11-14-6-4-5-13(9-14)10-17/h2-9H,10-11H2,1H3. The molecule has 0 unspecified atom stereocenters. The van der Waals surface area contributed by atoms with Crippen LogP contribution in [0.1, 0.15) is 17.0 Å². The highest BCUT2D eigenvalue weighted by Gasteiger charge is 2.07. The number of halogens is 1. The number of nitrogens with zero attached hydrogens (tertiary/aromatic N) is 2. The summed E-state index contributed by atoms with van der Waals surface area (Å²) in [6.45, 7) is 2.93. The van der Waals surface area contributed by atoms with Crippen LogP contribution in [0.25, 0.3) is 11.0 Å². The fourth-order valence-electron chi connectivity index (χ4n) is 2.39. The van der Waals surface area contributed by atoms with Crippen molar-refractivity contribution in [1.29, 1.82) is 0 Å². The number of aryl methyl sites for hydroxylation is 1. The summed E-state index contributed by atoms with van der Waals surface area (Å²) in [7, 11) is 0. The van der Waals surface area contributed by atoms with Gasteiger partial charge in [0.1, 0.15) is 5.82 Å². The summed E-state index contributed by atoms with van der Waals surface area (Å²) in [5.41, 5.74) is 4.88. The highest BCUT2D eigenvalue weighted by atomic mass is 79.9. The predicted molar refractivity (Wildman–Crippen MR) is 82.6 cm³/mol. The number of fused-ring (bicyclic) bond motifs is 1. The van der Waals surface area contributed by atoms with E-state index in [2.05, 4.69) is 74.9 Å². The Hall–Kier alpha value is -1.61. The van der Waals surface area contributed by atoms with Crippen LogP contribution < -0.4 is 0 Å². The lowest BCUT2D eigenvalue weighted by Crippen LogP contribution is -2.02. The molecular weight excluding hydrogens is 300 g/mol. The Labute approximate surface area is 121 Å². The van der Waals surface area contributed by atoms with Crippen LogP contribution in [0.5, 0.6) is 0 Å². The zero-order valence-electron chi connectivity index (χ0n) is 10.8. The molecule has 0 saturated carbocycles. The Bertz CT molecular complexity index is 716. The van der Waals surface area contributed by atoms with Gasteiger partial charge in [-0.1, -0.05) is 52.3 Å². The molecule has 0 radical (unpaired) electrons. The minimum absolute atomic E-state index is 0.868. The summed E-state index contributed by atoms with van der Waals surface area (Å²) >= 11 is 3.50. The first-order chi connectivity index (χ1) is 9.28. The molecule has 0 aliphatic carbocycles. The molecule has 0 saturated heterocycles. The number of para-hydroxylation sites is 2. The summed E-state index contributed by atoms with van der Waals surface area (Å²) in [5, 5.41) is 0.893. The first-order valence-corrected chi connectivity index (χ1v) is 7.46. The number of imidazole rings is 1. The van der Waals surface area contributed by atoms with Gasteiger partial charge in [-0.2, -0.15) is 0 Å². The molecule has 0 aliphatic rings. The highest BCUT2D eigenvalue weighted by Crippen LogP contribution is 2.18.